The Hall–Kier alpha value is -1.64. The van der Waals surface area contributed by atoms with Crippen LogP contribution in [-0.4, -0.2) is 15.7 Å². The van der Waals surface area contributed by atoms with Crippen molar-refractivity contribution in [2.24, 2.45) is 5.92 Å². The van der Waals surface area contributed by atoms with Crippen LogP contribution < -0.4 is 0 Å². The maximum absolute atomic E-state index is 11.3. The zero-order valence-electron chi connectivity index (χ0n) is 10.9. The number of rotatable bonds is 4. The minimum Gasteiger partial charge on any atom is -0.297 e. The minimum absolute atomic E-state index is 0.511. The van der Waals surface area contributed by atoms with E-state index in [2.05, 4.69) is 31.0 Å². The second kappa shape index (κ2) is 4.23. The highest BCUT2D eigenvalue weighted by Crippen LogP contribution is 2.40. The molecule has 1 fully saturated rings. The summed E-state index contributed by atoms with van der Waals surface area (Å²) < 4.78 is 1.91. The monoisotopic (exact) mass is 242 g/mol. The molecule has 1 saturated carbocycles. The first-order chi connectivity index (χ1) is 8.69. The largest absolute Gasteiger partial charge is 0.297 e. The van der Waals surface area contributed by atoms with Gasteiger partial charge in [-0.1, -0.05) is 13.8 Å². The molecule has 0 aliphatic heterocycles. The van der Waals surface area contributed by atoms with Crippen LogP contribution in [0.25, 0.3) is 5.65 Å². The molecule has 3 nitrogen and oxygen atoms in total. The first kappa shape index (κ1) is 11.5. The Morgan fingerprint density at radius 3 is 2.89 bits per heavy atom. The van der Waals surface area contributed by atoms with E-state index in [-0.39, 0.29) is 0 Å². The van der Waals surface area contributed by atoms with Crippen molar-refractivity contribution in [3.05, 3.63) is 35.3 Å². The third kappa shape index (κ3) is 1.94. The average Bonchev–Trinajstić information content (AvgIpc) is 3.10. The summed E-state index contributed by atoms with van der Waals surface area (Å²) in [6.45, 7) is 4.29. The van der Waals surface area contributed by atoms with Crippen LogP contribution in [0, 0.1) is 5.92 Å². The smallest absolute Gasteiger partial charge is 0.168 e. The molecule has 0 saturated heterocycles. The molecule has 3 heteroatoms. The summed E-state index contributed by atoms with van der Waals surface area (Å²) in [7, 11) is 0. The van der Waals surface area contributed by atoms with Gasteiger partial charge in [-0.05, 0) is 48.8 Å². The molecule has 94 valence electrons. The Kier molecular flexibility index (Phi) is 2.69. The van der Waals surface area contributed by atoms with Gasteiger partial charge in [0.2, 0.25) is 0 Å². The lowest BCUT2D eigenvalue weighted by Gasteiger charge is -2.01. The molecular formula is C15H18N2O. The summed E-state index contributed by atoms with van der Waals surface area (Å²) in [4.78, 5) is 15.9. The van der Waals surface area contributed by atoms with E-state index in [9.17, 15) is 4.79 Å². The van der Waals surface area contributed by atoms with E-state index in [1.807, 2.05) is 10.6 Å². The van der Waals surface area contributed by atoms with Crippen LogP contribution in [0.5, 0.6) is 0 Å². The summed E-state index contributed by atoms with van der Waals surface area (Å²) in [6.07, 6.45) is 6.35. The molecule has 2 heterocycles. The summed E-state index contributed by atoms with van der Waals surface area (Å²) in [5.74, 6) is 1.23. The highest BCUT2D eigenvalue weighted by molar-refractivity contribution is 5.76. The zero-order valence-corrected chi connectivity index (χ0v) is 10.9. The van der Waals surface area contributed by atoms with Crippen molar-refractivity contribution >= 4 is 11.9 Å². The number of carbonyl (C=O) groups is 1. The fraction of sp³-hybridized carbons (Fsp3) is 0.467. The Morgan fingerprint density at radius 1 is 1.50 bits per heavy atom. The molecule has 0 aromatic carbocycles. The number of aromatic nitrogens is 2. The summed E-state index contributed by atoms with van der Waals surface area (Å²) in [6, 6.07) is 4.26. The average molecular weight is 242 g/mol. The number of aldehydes is 1. The number of fused-ring (bicyclic) bond motifs is 1. The predicted octanol–water partition coefficient (Wildman–Crippen LogP) is 3.22. The van der Waals surface area contributed by atoms with Crippen molar-refractivity contribution in [1.29, 1.82) is 0 Å². The summed E-state index contributed by atoms with van der Waals surface area (Å²) >= 11 is 0. The molecule has 0 atom stereocenters. The van der Waals surface area contributed by atoms with Crippen molar-refractivity contribution in [2.45, 2.75) is 39.0 Å². The van der Waals surface area contributed by atoms with E-state index < -0.39 is 0 Å². The summed E-state index contributed by atoms with van der Waals surface area (Å²) in [5, 5.41) is 0. The van der Waals surface area contributed by atoms with Gasteiger partial charge in [0.1, 0.15) is 11.3 Å². The van der Waals surface area contributed by atoms with Crippen LogP contribution in [0.15, 0.2) is 18.3 Å². The third-order valence-electron chi connectivity index (χ3n) is 3.53. The Labute approximate surface area is 107 Å². The Bertz CT molecular complexity index is 594. The maximum Gasteiger partial charge on any atom is 0.168 e. The predicted molar refractivity (Wildman–Crippen MR) is 71.1 cm³/mol. The molecular weight excluding hydrogens is 224 g/mol. The SMILES string of the molecule is CC(C)Cc1nc2cc(C3CC3)ccn2c1C=O. The molecule has 0 radical (unpaired) electrons. The van der Waals surface area contributed by atoms with Crippen molar-refractivity contribution in [3.8, 4) is 0 Å². The highest BCUT2D eigenvalue weighted by Gasteiger charge is 2.24. The summed E-state index contributed by atoms with van der Waals surface area (Å²) in [5.41, 5.74) is 3.91. The topological polar surface area (TPSA) is 34.4 Å². The highest BCUT2D eigenvalue weighted by atomic mass is 16.1. The zero-order chi connectivity index (χ0) is 12.7. The van der Waals surface area contributed by atoms with Crippen LogP contribution in [0.4, 0.5) is 0 Å². The molecule has 0 unspecified atom stereocenters. The van der Waals surface area contributed by atoms with Crippen LogP contribution in [0.2, 0.25) is 0 Å². The van der Waals surface area contributed by atoms with Crippen molar-refractivity contribution in [2.75, 3.05) is 0 Å². The molecule has 2 aromatic heterocycles. The van der Waals surface area contributed by atoms with Gasteiger partial charge in [-0.2, -0.15) is 0 Å². The second-order valence-corrected chi connectivity index (χ2v) is 5.62. The van der Waals surface area contributed by atoms with E-state index >= 15 is 0 Å². The standard InChI is InChI=1S/C15H18N2O/c1-10(2)7-13-14(9-18)17-6-5-12(11-3-4-11)8-15(17)16-13/h5-6,8-11H,3-4,7H2,1-2H3. The van der Waals surface area contributed by atoms with Gasteiger partial charge in [0, 0.05) is 6.20 Å². The number of hydrogen-bond donors (Lipinski definition) is 0. The molecule has 0 amide bonds. The molecule has 2 aromatic rings. The second-order valence-electron chi connectivity index (χ2n) is 5.62. The Morgan fingerprint density at radius 2 is 2.28 bits per heavy atom. The van der Waals surface area contributed by atoms with Gasteiger partial charge in [-0.25, -0.2) is 4.98 Å². The fourth-order valence-electron chi connectivity index (χ4n) is 2.46. The van der Waals surface area contributed by atoms with E-state index in [1.54, 1.807) is 0 Å². The fourth-order valence-corrected chi connectivity index (χ4v) is 2.46. The molecule has 0 spiro atoms. The normalized spacial score (nSPS) is 15.5. The van der Waals surface area contributed by atoms with Gasteiger partial charge in [-0.3, -0.25) is 9.20 Å². The van der Waals surface area contributed by atoms with Crippen LogP contribution in [-0.2, 0) is 6.42 Å². The van der Waals surface area contributed by atoms with Crippen LogP contribution in [0.1, 0.15) is 54.4 Å². The molecule has 0 N–H and O–H groups in total. The van der Waals surface area contributed by atoms with Crippen molar-refractivity contribution < 1.29 is 4.79 Å². The molecule has 1 aliphatic rings. The maximum atomic E-state index is 11.3. The number of hydrogen-bond acceptors (Lipinski definition) is 2. The number of carbonyl (C=O) groups excluding carboxylic acids is 1. The van der Waals surface area contributed by atoms with Gasteiger partial charge in [0.25, 0.3) is 0 Å². The lowest BCUT2D eigenvalue weighted by atomic mass is 10.1. The number of imidazole rings is 1. The first-order valence-electron chi connectivity index (χ1n) is 6.65. The van der Waals surface area contributed by atoms with E-state index in [0.717, 1.165) is 30.0 Å². The van der Waals surface area contributed by atoms with Crippen molar-refractivity contribution in [1.82, 2.24) is 9.38 Å². The Balaban J connectivity index is 2.09. The van der Waals surface area contributed by atoms with E-state index in [4.69, 9.17) is 0 Å². The number of nitrogens with zero attached hydrogens (tertiary/aromatic N) is 2. The quantitative estimate of drug-likeness (QED) is 0.771. The molecule has 3 rings (SSSR count). The minimum atomic E-state index is 0.511. The third-order valence-corrected chi connectivity index (χ3v) is 3.53. The molecule has 1 aliphatic carbocycles. The van der Waals surface area contributed by atoms with Gasteiger partial charge in [0.05, 0.1) is 5.69 Å². The first-order valence-corrected chi connectivity index (χ1v) is 6.65. The molecule has 18 heavy (non-hydrogen) atoms. The molecule has 0 bridgehead atoms. The van der Waals surface area contributed by atoms with Crippen LogP contribution >= 0.6 is 0 Å². The van der Waals surface area contributed by atoms with Gasteiger partial charge in [-0.15, -0.1) is 0 Å². The van der Waals surface area contributed by atoms with Gasteiger partial charge in [0.15, 0.2) is 6.29 Å². The van der Waals surface area contributed by atoms with Gasteiger partial charge < -0.3 is 0 Å². The lowest BCUT2D eigenvalue weighted by Crippen LogP contribution is -1.99. The number of pyridine rings is 1. The van der Waals surface area contributed by atoms with Gasteiger partial charge >= 0.3 is 0 Å². The van der Waals surface area contributed by atoms with E-state index in [1.165, 1.54) is 18.4 Å². The van der Waals surface area contributed by atoms with Crippen molar-refractivity contribution in [3.63, 3.8) is 0 Å². The van der Waals surface area contributed by atoms with Crippen LogP contribution in [0.3, 0.4) is 0 Å². The van der Waals surface area contributed by atoms with E-state index in [0.29, 0.717) is 11.6 Å². The lowest BCUT2D eigenvalue weighted by molar-refractivity contribution is 0.111.